The van der Waals surface area contributed by atoms with E-state index in [4.69, 9.17) is 0 Å². The zero-order valence-corrected chi connectivity index (χ0v) is 15.7. The van der Waals surface area contributed by atoms with Crippen LogP contribution in [0.2, 0.25) is 0 Å². The van der Waals surface area contributed by atoms with Crippen LogP contribution >= 0.6 is 11.5 Å². The summed E-state index contributed by atoms with van der Waals surface area (Å²) in [4.78, 5) is 4.71. The van der Waals surface area contributed by atoms with Gasteiger partial charge in [0.15, 0.2) is 0 Å². The van der Waals surface area contributed by atoms with Gasteiger partial charge in [-0.25, -0.2) is 22.5 Å². The molecule has 1 aromatic carbocycles. The summed E-state index contributed by atoms with van der Waals surface area (Å²) in [7, 11) is -3.79. The standard InChI is InChI=1S/C16H20FN5O2S2/c17-13-7-3-4-8-14(13)26(23,24)20-10-6-2-1-5-9-18-15-21-25-16-19-11-12-22(15)16/h3-4,7-8,11-12,20H,1-2,5-6,9-10H2,(H,18,21). The van der Waals surface area contributed by atoms with Crippen molar-refractivity contribution < 1.29 is 12.8 Å². The van der Waals surface area contributed by atoms with Crippen LogP contribution in [0.3, 0.4) is 0 Å². The zero-order valence-electron chi connectivity index (χ0n) is 14.1. The summed E-state index contributed by atoms with van der Waals surface area (Å²) in [5, 5.41) is 3.27. The third-order valence-corrected chi connectivity index (χ3v) is 6.08. The van der Waals surface area contributed by atoms with Gasteiger partial charge in [-0.05, 0) is 25.0 Å². The molecule has 0 saturated carbocycles. The topological polar surface area (TPSA) is 88.4 Å². The van der Waals surface area contributed by atoms with Crippen molar-refractivity contribution in [1.82, 2.24) is 18.5 Å². The van der Waals surface area contributed by atoms with Crippen molar-refractivity contribution in [2.75, 3.05) is 18.4 Å². The normalized spacial score (nSPS) is 11.9. The molecule has 26 heavy (non-hydrogen) atoms. The van der Waals surface area contributed by atoms with Gasteiger partial charge in [0.2, 0.25) is 20.9 Å². The number of anilines is 1. The SMILES string of the molecule is O=S(=O)(NCCCCCCNc1nsc2nccn12)c1ccccc1F. The van der Waals surface area contributed by atoms with Crippen LogP contribution in [-0.4, -0.2) is 35.3 Å². The lowest BCUT2D eigenvalue weighted by Gasteiger charge is -2.07. The van der Waals surface area contributed by atoms with Crippen molar-refractivity contribution in [3.05, 3.63) is 42.5 Å². The average molecular weight is 398 g/mol. The molecule has 140 valence electrons. The fourth-order valence-corrected chi connectivity index (χ4v) is 4.33. The lowest BCUT2D eigenvalue weighted by Crippen LogP contribution is -2.25. The van der Waals surface area contributed by atoms with E-state index in [1.807, 2.05) is 10.6 Å². The van der Waals surface area contributed by atoms with Gasteiger partial charge in [-0.15, -0.1) is 0 Å². The van der Waals surface area contributed by atoms with E-state index in [1.54, 1.807) is 6.20 Å². The highest BCUT2D eigenvalue weighted by molar-refractivity contribution is 7.89. The molecule has 0 aliphatic rings. The fourth-order valence-electron chi connectivity index (χ4n) is 2.51. The third-order valence-electron chi connectivity index (χ3n) is 3.85. The number of nitrogens with one attached hydrogen (secondary N) is 2. The summed E-state index contributed by atoms with van der Waals surface area (Å²) in [5.41, 5.74) is 0. The molecule has 2 N–H and O–H groups in total. The number of imidazole rings is 1. The van der Waals surface area contributed by atoms with Gasteiger partial charge >= 0.3 is 0 Å². The van der Waals surface area contributed by atoms with E-state index >= 15 is 0 Å². The Morgan fingerprint density at radius 1 is 1.12 bits per heavy atom. The Kier molecular flexibility index (Phi) is 6.17. The molecule has 0 spiro atoms. The van der Waals surface area contributed by atoms with Gasteiger partial charge in [0.05, 0.1) is 0 Å². The van der Waals surface area contributed by atoms with Gasteiger partial charge in [0.25, 0.3) is 0 Å². The first-order valence-corrected chi connectivity index (χ1v) is 10.6. The van der Waals surface area contributed by atoms with Crippen LogP contribution in [-0.2, 0) is 10.0 Å². The van der Waals surface area contributed by atoms with E-state index in [0.717, 1.165) is 42.8 Å². The van der Waals surface area contributed by atoms with E-state index in [1.165, 1.54) is 29.7 Å². The number of hydrogen-bond acceptors (Lipinski definition) is 6. The van der Waals surface area contributed by atoms with Gasteiger partial charge in [-0.1, -0.05) is 25.0 Å². The van der Waals surface area contributed by atoms with E-state index in [-0.39, 0.29) is 4.90 Å². The number of aromatic nitrogens is 3. The second kappa shape index (κ2) is 8.56. The summed E-state index contributed by atoms with van der Waals surface area (Å²) in [6.07, 6.45) is 7.11. The van der Waals surface area contributed by atoms with Gasteiger partial charge in [0, 0.05) is 37.0 Å². The van der Waals surface area contributed by atoms with Crippen molar-refractivity contribution in [2.45, 2.75) is 30.6 Å². The van der Waals surface area contributed by atoms with Crippen molar-refractivity contribution in [1.29, 1.82) is 0 Å². The molecule has 0 radical (unpaired) electrons. The summed E-state index contributed by atoms with van der Waals surface area (Å²) >= 11 is 1.34. The van der Waals surface area contributed by atoms with E-state index in [0.29, 0.717) is 13.0 Å². The van der Waals surface area contributed by atoms with E-state index in [9.17, 15) is 12.8 Å². The van der Waals surface area contributed by atoms with Crippen molar-refractivity contribution in [3.8, 4) is 0 Å². The molecule has 0 aliphatic heterocycles. The van der Waals surface area contributed by atoms with Gasteiger partial charge in [-0.2, -0.15) is 4.37 Å². The monoisotopic (exact) mass is 397 g/mol. The smallest absolute Gasteiger partial charge is 0.243 e. The number of halogens is 1. The highest BCUT2D eigenvalue weighted by Gasteiger charge is 2.17. The second-order valence-electron chi connectivity index (χ2n) is 5.76. The predicted molar refractivity (Wildman–Crippen MR) is 99.4 cm³/mol. The number of fused-ring (bicyclic) bond motifs is 1. The largest absolute Gasteiger partial charge is 0.355 e. The molecule has 0 bridgehead atoms. The highest BCUT2D eigenvalue weighted by atomic mass is 32.2. The molecule has 10 heteroatoms. The van der Waals surface area contributed by atoms with Crippen LogP contribution in [0.1, 0.15) is 25.7 Å². The summed E-state index contributed by atoms with van der Waals surface area (Å²) in [5.74, 6) is 0.0558. The minimum absolute atomic E-state index is 0.297. The minimum Gasteiger partial charge on any atom is -0.355 e. The number of rotatable bonds is 10. The third kappa shape index (κ3) is 4.57. The Balaban J connectivity index is 1.31. The van der Waals surface area contributed by atoms with Crippen LogP contribution in [0, 0.1) is 5.82 Å². The molecule has 0 aliphatic carbocycles. The summed E-state index contributed by atoms with van der Waals surface area (Å²) in [6.45, 7) is 1.09. The van der Waals surface area contributed by atoms with Crippen LogP contribution in [0.15, 0.2) is 41.6 Å². The molecule has 0 atom stereocenters. The average Bonchev–Trinajstić information content (AvgIpc) is 3.22. The maximum atomic E-state index is 13.6. The summed E-state index contributed by atoms with van der Waals surface area (Å²) in [6, 6.07) is 5.37. The Hall–Kier alpha value is -2.04. The van der Waals surface area contributed by atoms with Crippen LogP contribution < -0.4 is 10.0 Å². The minimum atomic E-state index is -3.79. The van der Waals surface area contributed by atoms with E-state index in [2.05, 4.69) is 19.4 Å². The molecule has 2 aromatic heterocycles. The first-order chi connectivity index (χ1) is 12.6. The van der Waals surface area contributed by atoms with Crippen LogP contribution in [0.5, 0.6) is 0 Å². The molecular formula is C16H20FN5O2S2. The number of nitrogens with zero attached hydrogens (tertiary/aromatic N) is 3. The van der Waals surface area contributed by atoms with Crippen molar-refractivity contribution in [2.24, 2.45) is 0 Å². The van der Waals surface area contributed by atoms with Crippen molar-refractivity contribution in [3.63, 3.8) is 0 Å². The summed E-state index contributed by atoms with van der Waals surface area (Å²) < 4.78 is 46.3. The number of hydrogen-bond donors (Lipinski definition) is 2. The predicted octanol–water partition coefficient (Wildman–Crippen LogP) is 2.88. The van der Waals surface area contributed by atoms with Crippen LogP contribution in [0.4, 0.5) is 10.3 Å². The molecule has 0 fully saturated rings. The van der Waals surface area contributed by atoms with Gasteiger partial charge in [0.1, 0.15) is 10.7 Å². The van der Waals surface area contributed by atoms with Gasteiger partial charge < -0.3 is 5.32 Å². The first kappa shape index (κ1) is 18.7. The Morgan fingerprint density at radius 2 is 1.88 bits per heavy atom. The molecule has 0 saturated heterocycles. The number of sulfonamides is 1. The maximum Gasteiger partial charge on any atom is 0.243 e. The molecule has 0 unspecified atom stereocenters. The van der Waals surface area contributed by atoms with Gasteiger partial charge in [-0.3, -0.25) is 4.40 Å². The van der Waals surface area contributed by atoms with E-state index < -0.39 is 15.8 Å². The fraction of sp³-hybridized carbons (Fsp3) is 0.375. The molecule has 2 heterocycles. The highest BCUT2D eigenvalue weighted by Crippen LogP contribution is 2.15. The maximum absolute atomic E-state index is 13.6. The molecule has 3 rings (SSSR count). The Bertz CT molecular complexity index is 954. The molecule has 0 amide bonds. The Labute approximate surface area is 155 Å². The lowest BCUT2D eigenvalue weighted by atomic mass is 10.2. The van der Waals surface area contributed by atoms with Crippen LogP contribution in [0.25, 0.3) is 4.96 Å². The first-order valence-electron chi connectivity index (χ1n) is 8.35. The lowest BCUT2D eigenvalue weighted by molar-refractivity contribution is 0.552. The Morgan fingerprint density at radius 3 is 2.69 bits per heavy atom. The quantitative estimate of drug-likeness (QED) is 0.514. The van der Waals surface area contributed by atoms with Crippen molar-refractivity contribution >= 4 is 32.5 Å². The molecule has 3 aromatic rings. The zero-order chi connectivity index (χ0) is 18.4. The number of benzene rings is 1. The molecular weight excluding hydrogens is 377 g/mol. The number of unbranched alkanes of at least 4 members (excludes halogenated alkanes) is 3. The molecule has 7 nitrogen and oxygen atoms in total. The second-order valence-corrected chi connectivity index (χ2v) is 8.22.